The monoisotopic (exact) mass is 327 g/mol. The molecule has 1 aliphatic rings. The van der Waals surface area contributed by atoms with Crippen LogP contribution in [0.25, 0.3) is 0 Å². The number of rotatable bonds is 4. The Hall–Kier alpha value is -2.51. The SMILES string of the molecule is CCOC(=O)C(=O)C1CC(c2cc(F)cc(F)c2)CN1C(=O)O. The van der Waals surface area contributed by atoms with Gasteiger partial charge in [0.25, 0.3) is 5.78 Å². The zero-order valence-corrected chi connectivity index (χ0v) is 12.3. The Bertz CT molecular complexity index is 629. The van der Waals surface area contributed by atoms with E-state index >= 15 is 0 Å². The summed E-state index contributed by atoms with van der Waals surface area (Å²) >= 11 is 0. The molecule has 0 saturated carbocycles. The Morgan fingerprint density at radius 1 is 1.26 bits per heavy atom. The van der Waals surface area contributed by atoms with Crippen molar-refractivity contribution < 1.29 is 33.0 Å². The van der Waals surface area contributed by atoms with E-state index in [0.29, 0.717) is 6.07 Å². The molecule has 0 spiro atoms. The highest BCUT2D eigenvalue weighted by atomic mass is 19.1. The van der Waals surface area contributed by atoms with E-state index in [4.69, 9.17) is 0 Å². The van der Waals surface area contributed by atoms with Gasteiger partial charge >= 0.3 is 12.1 Å². The van der Waals surface area contributed by atoms with Gasteiger partial charge in [0.05, 0.1) is 6.61 Å². The Morgan fingerprint density at radius 2 is 1.87 bits per heavy atom. The number of ketones is 1. The van der Waals surface area contributed by atoms with Gasteiger partial charge < -0.3 is 9.84 Å². The molecular formula is C15H15F2NO5. The highest BCUT2D eigenvalue weighted by molar-refractivity contribution is 6.36. The topological polar surface area (TPSA) is 83.9 Å². The van der Waals surface area contributed by atoms with E-state index in [1.54, 1.807) is 0 Å². The Morgan fingerprint density at radius 3 is 2.39 bits per heavy atom. The number of halogens is 2. The number of benzene rings is 1. The highest BCUT2D eigenvalue weighted by Crippen LogP contribution is 2.33. The van der Waals surface area contributed by atoms with Crippen LogP contribution in [-0.4, -0.2) is 47.0 Å². The molecule has 8 heteroatoms. The molecule has 1 fully saturated rings. The van der Waals surface area contributed by atoms with E-state index in [-0.39, 0.29) is 25.1 Å². The van der Waals surface area contributed by atoms with E-state index in [9.17, 15) is 28.3 Å². The fraction of sp³-hybridized carbons (Fsp3) is 0.400. The van der Waals surface area contributed by atoms with Gasteiger partial charge in [-0.1, -0.05) is 0 Å². The van der Waals surface area contributed by atoms with Gasteiger partial charge in [-0.2, -0.15) is 0 Å². The number of nitrogens with zero attached hydrogens (tertiary/aromatic N) is 1. The van der Waals surface area contributed by atoms with Crippen LogP contribution < -0.4 is 0 Å². The van der Waals surface area contributed by atoms with Crippen molar-refractivity contribution in [1.82, 2.24) is 4.90 Å². The standard InChI is InChI=1S/C15H15F2NO5/c1-2-23-14(20)13(19)12-5-9(7-18(12)15(21)22)8-3-10(16)6-11(17)4-8/h3-4,6,9,12H,2,5,7H2,1H3,(H,21,22). The molecule has 1 aromatic carbocycles. The third-order valence-corrected chi connectivity index (χ3v) is 3.68. The molecule has 6 nitrogen and oxygen atoms in total. The number of amides is 1. The van der Waals surface area contributed by atoms with Gasteiger partial charge in [0.15, 0.2) is 0 Å². The van der Waals surface area contributed by atoms with Crippen LogP contribution in [-0.2, 0) is 14.3 Å². The predicted octanol–water partition coefficient (Wildman–Crippen LogP) is 1.93. The second-order valence-corrected chi connectivity index (χ2v) is 5.17. The van der Waals surface area contributed by atoms with Crippen LogP contribution in [0.2, 0.25) is 0 Å². The first-order valence-corrected chi connectivity index (χ1v) is 7.00. The van der Waals surface area contributed by atoms with Crippen molar-refractivity contribution in [3.05, 3.63) is 35.4 Å². The lowest BCUT2D eigenvalue weighted by Gasteiger charge is -2.18. The van der Waals surface area contributed by atoms with Gasteiger partial charge in [0.1, 0.15) is 17.7 Å². The minimum atomic E-state index is -1.38. The predicted molar refractivity (Wildman–Crippen MR) is 73.9 cm³/mol. The van der Waals surface area contributed by atoms with Gasteiger partial charge in [-0.25, -0.2) is 18.4 Å². The molecule has 2 rings (SSSR count). The smallest absolute Gasteiger partial charge is 0.407 e. The first-order chi connectivity index (χ1) is 10.8. The number of carbonyl (C=O) groups is 3. The molecular weight excluding hydrogens is 312 g/mol. The summed E-state index contributed by atoms with van der Waals surface area (Å²) in [5.41, 5.74) is 0.243. The summed E-state index contributed by atoms with van der Waals surface area (Å²) in [6.07, 6.45) is -1.42. The summed E-state index contributed by atoms with van der Waals surface area (Å²) in [5, 5.41) is 9.19. The molecule has 1 heterocycles. The number of likely N-dealkylation sites (tertiary alicyclic amines) is 1. The van der Waals surface area contributed by atoms with Crippen molar-refractivity contribution in [2.24, 2.45) is 0 Å². The summed E-state index contributed by atoms with van der Waals surface area (Å²) in [4.78, 5) is 35.7. The van der Waals surface area contributed by atoms with Gasteiger partial charge in [-0.3, -0.25) is 9.69 Å². The fourth-order valence-corrected chi connectivity index (χ4v) is 2.69. The van der Waals surface area contributed by atoms with Crippen molar-refractivity contribution in [1.29, 1.82) is 0 Å². The molecule has 1 aromatic rings. The molecule has 23 heavy (non-hydrogen) atoms. The molecule has 2 unspecified atom stereocenters. The fourth-order valence-electron chi connectivity index (χ4n) is 2.69. The molecule has 1 N–H and O–H groups in total. The number of ether oxygens (including phenoxy) is 1. The number of esters is 1. The van der Waals surface area contributed by atoms with Crippen LogP contribution in [0.1, 0.15) is 24.8 Å². The quantitative estimate of drug-likeness (QED) is 0.675. The van der Waals surface area contributed by atoms with Crippen LogP contribution in [0, 0.1) is 11.6 Å². The van der Waals surface area contributed by atoms with Gasteiger partial charge in [0.2, 0.25) is 0 Å². The molecule has 2 atom stereocenters. The largest absolute Gasteiger partial charge is 0.465 e. The molecule has 124 valence electrons. The zero-order valence-electron chi connectivity index (χ0n) is 12.3. The third kappa shape index (κ3) is 3.64. The highest BCUT2D eigenvalue weighted by Gasteiger charge is 2.43. The van der Waals surface area contributed by atoms with Gasteiger partial charge in [-0.05, 0) is 31.0 Å². The van der Waals surface area contributed by atoms with Crippen molar-refractivity contribution in [2.75, 3.05) is 13.2 Å². The number of carbonyl (C=O) groups excluding carboxylic acids is 2. The van der Waals surface area contributed by atoms with Crippen molar-refractivity contribution >= 4 is 17.8 Å². The number of carboxylic acid groups (broad SMARTS) is 1. The average Bonchev–Trinajstić information content (AvgIpc) is 2.91. The van der Waals surface area contributed by atoms with Crippen molar-refractivity contribution in [2.45, 2.75) is 25.3 Å². The molecule has 1 aliphatic heterocycles. The molecule has 0 bridgehead atoms. The van der Waals surface area contributed by atoms with Gasteiger partial charge in [-0.15, -0.1) is 0 Å². The summed E-state index contributed by atoms with van der Waals surface area (Å²) in [5.74, 6) is -4.26. The lowest BCUT2D eigenvalue weighted by molar-refractivity contribution is -0.155. The van der Waals surface area contributed by atoms with E-state index in [2.05, 4.69) is 4.74 Å². The van der Waals surface area contributed by atoms with E-state index in [0.717, 1.165) is 17.0 Å². The average molecular weight is 327 g/mol. The summed E-state index contributed by atoms with van der Waals surface area (Å²) in [6.45, 7) is 1.38. The van der Waals surface area contributed by atoms with Crippen LogP contribution in [0.15, 0.2) is 18.2 Å². The number of hydrogen-bond acceptors (Lipinski definition) is 4. The van der Waals surface area contributed by atoms with E-state index in [1.165, 1.54) is 6.92 Å². The first kappa shape index (κ1) is 16.9. The van der Waals surface area contributed by atoms with E-state index < -0.39 is 41.4 Å². The maximum Gasteiger partial charge on any atom is 0.407 e. The minimum absolute atomic E-state index is 0.0110. The Balaban J connectivity index is 2.25. The van der Waals surface area contributed by atoms with Crippen LogP contribution in [0.4, 0.5) is 13.6 Å². The van der Waals surface area contributed by atoms with Crippen molar-refractivity contribution in [3.63, 3.8) is 0 Å². The van der Waals surface area contributed by atoms with E-state index in [1.807, 2.05) is 0 Å². The minimum Gasteiger partial charge on any atom is -0.465 e. The molecule has 1 saturated heterocycles. The first-order valence-electron chi connectivity index (χ1n) is 7.00. The Kier molecular flexibility index (Phi) is 4.92. The number of hydrogen-bond donors (Lipinski definition) is 1. The molecule has 1 amide bonds. The number of Topliss-reactive ketones (excluding diaryl/α,β-unsaturated/α-hetero) is 1. The molecule has 0 aliphatic carbocycles. The maximum atomic E-state index is 13.3. The summed E-state index contributed by atoms with van der Waals surface area (Å²) in [6, 6.07) is 1.66. The van der Waals surface area contributed by atoms with Crippen LogP contribution in [0.5, 0.6) is 0 Å². The summed E-state index contributed by atoms with van der Waals surface area (Å²) in [7, 11) is 0. The third-order valence-electron chi connectivity index (χ3n) is 3.68. The van der Waals surface area contributed by atoms with Gasteiger partial charge in [0, 0.05) is 18.5 Å². The summed E-state index contributed by atoms with van der Waals surface area (Å²) < 4.78 is 31.2. The second kappa shape index (κ2) is 6.72. The zero-order chi connectivity index (χ0) is 17.1. The van der Waals surface area contributed by atoms with Crippen LogP contribution >= 0.6 is 0 Å². The Labute approximate surface area is 130 Å². The van der Waals surface area contributed by atoms with Crippen molar-refractivity contribution in [3.8, 4) is 0 Å². The lowest BCUT2D eigenvalue weighted by Crippen LogP contribution is -2.43. The second-order valence-electron chi connectivity index (χ2n) is 5.17. The molecule has 0 aromatic heterocycles. The molecule has 0 radical (unpaired) electrons. The lowest BCUT2D eigenvalue weighted by atomic mass is 9.95. The van der Waals surface area contributed by atoms with Crippen LogP contribution in [0.3, 0.4) is 0 Å². The maximum absolute atomic E-state index is 13.3. The normalized spacial score (nSPS) is 20.4.